The van der Waals surface area contributed by atoms with Gasteiger partial charge in [-0.2, -0.15) is 5.26 Å². The fourth-order valence-electron chi connectivity index (χ4n) is 2.43. The normalized spacial score (nSPS) is 18.8. The zero-order chi connectivity index (χ0) is 15.2. The Morgan fingerprint density at radius 3 is 3.05 bits per heavy atom. The molecule has 0 radical (unpaired) electrons. The van der Waals surface area contributed by atoms with E-state index in [1.807, 2.05) is 11.0 Å². The molecule has 1 saturated heterocycles. The quantitative estimate of drug-likeness (QED) is 0.864. The summed E-state index contributed by atoms with van der Waals surface area (Å²) in [4.78, 5) is 24.8. The van der Waals surface area contributed by atoms with E-state index in [4.69, 9.17) is 16.9 Å². The van der Waals surface area contributed by atoms with Crippen LogP contribution in [0, 0.1) is 17.2 Å². The van der Waals surface area contributed by atoms with Gasteiger partial charge in [-0.15, -0.1) is 0 Å². The number of hydrogen-bond acceptors (Lipinski definition) is 4. The van der Waals surface area contributed by atoms with Gasteiger partial charge in [0.25, 0.3) is 0 Å². The molecule has 0 saturated carbocycles. The van der Waals surface area contributed by atoms with Crippen LogP contribution < -0.4 is 5.32 Å². The summed E-state index contributed by atoms with van der Waals surface area (Å²) in [5.74, 6) is -0.127. The summed E-state index contributed by atoms with van der Waals surface area (Å²) in [6, 6.07) is 6.74. The average molecular weight is 306 g/mol. The molecule has 5 nitrogen and oxygen atoms in total. The first-order valence-electron chi connectivity index (χ1n) is 6.79. The van der Waals surface area contributed by atoms with E-state index < -0.39 is 0 Å². The lowest BCUT2D eigenvalue weighted by atomic mass is 10.00. The van der Waals surface area contributed by atoms with Gasteiger partial charge >= 0.3 is 0 Å². The molecule has 0 spiro atoms. The van der Waals surface area contributed by atoms with Crippen molar-refractivity contribution in [3.63, 3.8) is 0 Å². The molecule has 1 amide bonds. The molecule has 2 rings (SSSR count). The van der Waals surface area contributed by atoms with Gasteiger partial charge < -0.3 is 10.1 Å². The number of halogens is 1. The van der Waals surface area contributed by atoms with Crippen molar-refractivity contribution >= 4 is 29.5 Å². The number of carbonyl (C=O) groups is 2. The predicted molar refractivity (Wildman–Crippen MR) is 80.0 cm³/mol. The summed E-state index contributed by atoms with van der Waals surface area (Å²) in [5.41, 5.74) is 0.937. The van der Waals surface area contributed by atoms with Gasteiger partial charge in [-0.3, -0.25) is 9.69 Å². The summed E-state index contributed by atoms with van der Waals surface area (Å²) in [5, 5.41) is 11.9. The van der Waals surface area contributed by atoms with Crippen LogP contribution in [-0.4, -0.2) is 36.7 Å². The molecular formula is C15H16ClN3O2. The second-order valence-corrected chi connectivity index (χ2v) is 5.54. The molecule has 6 heteroatoms. The minimum absolute atomic E-state index is 0.0240. The van der Waals surface area contributed by atoms with Crippen molar-refractivity contribution in [3.8, 4) is 6.07 Å². The summed E-state index contributed by atoms with van der Waals surface area (Å²) < 4.78 is 0. The maximum atomic E-state index is 12.0. The third kappa shape index (κ3) is 4.28. The highest BCUT2D eigenvalue weighted by molar-refractivity contribution is 6.32. The van der Waals surface area contributed by atoms with Crippen LogP contribution in [0.1, 0.15) is 18.4 Å². The molecule has 0 aliphatic carbocycles. The van der Waals surface area contributed by atoms with E-state index in [1.165, 1.54) is 0 Å². The zero-order valence-corrected chi connectivity index (χ0v) is 12.3. The monoisotopic (exact) mass is 305 g/mol. The molecule has 0 bridgehead atoms. The Kier molecular flexibility index (Phi) is 5.32. The maximum Gasteiger partial charge on any atom is 0.238 e. The van der Waals surface area contributed by atoms with Crippen molar-refractivity contribution in [2.24, 2.45) is 5.92 Å². The van der Waals surface area contributed by atoms with E-state index in [2.05, 4.69) is 5.32 Å². The number of likely N-dealkylation sites (tertiary alicyclic amines) is 1. The standard InChI is InChI=1S/C15H16ClN3O2/c16-14-6-13(4-3-12(14)7-17)18-15(21)9-19-5-1-2-11(8-19)10-20/h3-4,6,10-11H,1-2,5,8-9H2,(H,18,21). The lowest BCUT2D eigenvalue weighted by Crippen LogP contribution is -2.40. The molecule has 1 aromatic rings. The first-order valence-corrected chi connectivity index (χ1v) is 7.17. The number of benzene rings is 1. The molecule has 21 heavy (non-hydrogen) atoms. The number of piperidine rings is 1. The molecule has 1 unspecified atom stereocenters. The highest BCUT2D eigenvalue weighted by Gasteiger charge is 2.21. The molecule has 1 fully saturated rings. The molecule has 1 aliphatic heterocycles. The third-order valence-electron chi connectivity index (χ3n) is 3.47. The largest absolute Gasteiger partial charge is 0.325 e. The highest BCUT2D eigenvalue weighted by atomic mass is 35.5. The molecule has 1 aliphatic rings. The number of amides is 1. The van der Waals surface area contributed by atoms with E-state index in [0.717, 1.165) is 25.7 Å². The predicted octanol–water partition coefficient (Wildman–Crippen LogP) is 2.06. The average Bonchev–Trinajstić information content (AvgIpc) is 2.47. The van der Waals surface area contributed by atoms with E-state index >= 15 is 0 Å². The van der Waals surface area contributed by atoms with Gasteiger partial charge in [0.05, 0.1) is 17.1 Å². The van der Waals surface area contributed by atoms with Crippen LogP contribution in [-0.2, 0) is 9.59 Å². The third-order valence-corrected chi connectivity index (χ3v) is 3.79. The van der Waals surface area contributed by atoms with Crippen LogP contribution >= 0.6 is 11.6 Å². The Morgan fingerprint density at radius 1 is 1.57 bits per heavy atom. The number of nitriles is 1. The van der Waals surface area contributed by atoms with Crippen molar-refractivity contribution in [1.29, 1.82) is 5.26 Å². The summed E-state index contributed by atoms with van der Waals surface area (Å²) in [7, 11) is 0. The second kappa shape index (κ2) is 7.21. The first-order chi connectivity index (χ1) is 10.1. The van der Waals surface area contributed by atoms with Crippen molar-refractivity contribution in [1.82, 2.24) is 4.90 Å². The van der Waals surface area contributed by atoms with Crippen molar-refractivity contribution < 1.29 is 9.59 Å². The number of aldehydes is 1. The van der Waals surface area contributed by atoms with Gasteiger partial charge in [-0.05, 0) is 37.6 Å². The fraction of sp³-hybridized carbons (Fsp3) is 0.400. The van der Waals surface area contributed by atoms with Crippen LogP contribution in [0.4, 0.5) is 5.69 Å². The molecule has 1 heterocycles. The smallest absolute Gasteiger partial charge is 0.238 e. The highest BCUT2D eigenvalue weighted by Crippen LogP contribution is 2.20. The maximum absolute atomic E-state index is 12.0. The van der Waals surface area contributed by atoms with Gasteiger partial charge in [0.1, 0.15) is 12.4 Å². The summed E-state index contributed by atoms with van der Waals surface area (Å²) in [6.07, 6.45) is 2.79. The molecule has 0 aromatic heterocycles. The molecule has 110 valence electrons. The number of carbonyl (C=O) groups excluding carboxylic acids is 2. The Labute approximate surface area is 128 Å². The van der Waals surface area contributed by atoms with Crippen molar-refractivity contribution in [2.45, 2.75) is 12.8 Å². The minimum Gasteiger partial charge on any atom is -0.325 e. The van der Waals surface area contributed by atoms with Gasteiger partial charge in [-0.1, -0.05) is 11.6 Å². The van der Waals surface area contributed by atoms with Crippen molar-refractivity contribution in [3.05, 3.63) is 28.8 Å². The summed E-state index contributed by atoms with van der Waals surface area (Å²) in [6.45, 7) is 1.71. The molecular weight excluding hydrogens is 290 g/mol. The zero-order valence-electron chi connectivity index (χ0n) is 11.5. The number of hydrogen-bond donors (Lipinski definition) is 1. The van der Waals surface area contributed by atoms with E-state index in [0.29, 0.717) is 22.8 Å². The van der Waals surface area contributed by atoms with Gasteiger partial charge in [0, 0.05) is 18.2 Å². The van der Waals surface area contributed by atoms with E-state index in [1.54, 1.807) is 18.2 Å². The van der Waals surface area contributed by atoms with E-state index in [9.17, 15) is 9.59 Å². The van der Waals surface area contributed by atoms with Gasteiger partial charge in [-0.25, -0.2) is 0 Å². The van der Waals surface area contributed by atoms with Crippen molar-refractivity contribution in [2.75, 3.05) is 25.0 Å². The first kappa shape index (κ1) is 15.5. The van der Waals surface area contributed by atoms with E-state index in [-0.39, 0.29) is 18.4 Å². The van der Waals surface area contributed by atoms with Crippen LogP contribution in [0.15, 0.2) is 18.2 Å². The summed E-state index contributed by atoms with van der Waals surface area (Å²) >= 11 is 5.92. The van der Waals surface area contributed by atoms with Crippen LogP contribution in [0.25, 0.3) is 0 Å². The van der Waals surface area contributed by atoms with Gasteiger partial charge in [0.15, 0.2) is 0 Å². The number of nitrogens with zero attached hydrogens (tertiary/aromatic N) is 2. The molecule has 1 aromatic carbocycles. The number of nitrogens with one attached hydrogen (secondary N) is 1. The minimum atomic E-state index is -0.151. The lowest BCUT2D eigenvalue weighted by molar-refractivity contribution is -0.119. The molecule has 1 N–H and O–H groups in total. The van der Waals surface area contributed by atoms with Crippen LogP contribution in [0.3, 0.4) is 0 Å². The Balaban J connectivity index is 1.91. The molecule has 1 atom stereocenters. The Bertz CT molecular complexity index is 583. The lowest BCUT2D eigenvalue weighted by Gasteiger charge is -2.29. The van der Waals surface area contributed by atoms with Crippen LogP contribution in [0.5, 0.6) is 0 Å². The second-order valence-electron chi connectivity index (χ2n) is 5.13. The Morgan fingerprint density at radius 2 is 2.38 bits per heavy atom. The van der Waals surface area contributed by atoms with Crippen LogP contribution in [0.2, 0.25) is 5.02 Å². The van der Waals surface area contributed by atoms with Gasteiger partial charge in [0.2, 0.25) is 5.91 Å². The number of anilines is 1. The SMILES string of the molecule is N#Cc1ccc(NC(=O)CN2CCCC(C=O)C2)cc1Cl. The number of rotatable bonds is 4. The topological polar surface area (TPSA) is 73.2 Å². The fourth-order valence-corrected chi connectivity index (χ4v) is 2.66. The Hall–Kier alpha value is -1.90.